The van der Waals surface area contributed by atoms with Gasteiger partial charge in [0.25, 0.3) is 0 Å². The first-order chi connectivity index (χ1) is 4.55. The fourth-order valence-electron chi connectivity index (χ4n) is 0.905. The zero-order valence-corrected chi connectivity index (χ0v) is 6.64. The molecule has 1 aliphatic rings. The molecule has 0 saturated carbocycles. The Morgan fingerprint density at radius 2 is 2.20 bits per heavy atom. The van der Waals surface area contributed by atoms with Crippen LogP contribution in [0.15, 0.2) is 12.3 Å². The molecular formula is C8H13NO. The highest BCUT2D eigenvalue weighted by Crippen LogP contribution is 2.24. The van der Waals surface area contributed by atoms with Crippen LogP contribution in [-0.4, -0.2) is 11.8 Å². The van der Waals surface area contributed by atoms with Gasteiger partial charge in [0.1, 0.15) is 0 Å². The molecule has 1 N–H and O–H groups in total. The number of allylic oxidation sites excluding steroid dienone is 1. The van der Waals surface area contributed by atoms with Gasteiger partial charge < -0.3 is 5.32 Å². The molecule has 1 aliphatic heterocycles. The lowest BCUT2D eigenvalue weighted by atomic mass is 9.79. The lowest BCUT2D eigenvalue weighted by molar-refractivity contribution is -0.123. The molecule has 2 heteroatoms. The van der Waals surface area contributed by atoms with E-state index in [1.807, 2.05) is 20.8 Å². The first-order valence-corrected chi connectivity index (χ1v) is 3.52. The van der Waals surface area contributed by atoms with Crippen LogP contribution < -0.4 is 5.32 Å². The van der Waals surface area contributed by atoms with Crippen molar-refractivity contribution >= 4 is 5.78 Å². The Labute approximate surface area is 61.3 Å². The number of carbonyl (C=O) groups excluding carboxylic acids is 1. The summed E-state index contributed by atoms with van der Waals surface area (Å²) in [5.41, 5.74) is -0.241. The minimum atomic E-state index is -0.241. The van der Waals surface area contributed by atoms with Crippen LogP contribution in [0, 0.1) is 5.41 Å². The third-order valence-electron chi connectivity index (χ3n) is 2.30. The quantitative estimate of drug-likeness (QED) is 0.544. The average molecular weight is 139 g/mol. The lowest BCUT2D eigenvalue weighted by Gasteiger charge is -2.32. The van der Waals surface area contributed by atoms with Gasteiger partial charge in [-0.3, -0.25) is 4.79 Å². The van der Waals surface area contributed by atoms with Crippen LogP contribution in [-0.2, 0) is 4.79 Å². The maximum atomic E-state index is 11.2. The van der Waals surface area contributed by atoms with Crippen LogP contribution in [0.4, 0.5) is 0 Å². The monoisotopic (exact) mass is 139 g/mol. The lowest BCUT2D eigenvalue weighted by Crippen LogP contribution is -2.45. The van der Waals surface area contributed by atoms with E-state index in [4.69, 9.17) is 0 Å². The average Bonchev–Trinajstić information content (AvgIpc) is 1.84. The molecule has 0 amide bonds. The van der Waals surface area contributed by atoms with E-state index in [0.29, 0.717) is 0 Å². The van der Waals surface area contributed by atoms with E-state index in [0.717, 1.165) is 0 Å². The van der Waals surface area contributed by atoms with Gasteiger partial charge in [0, 0.05) is 17.7 Å². The second kappa shape index (κ2) is 2.11. The number of ketones is 1. The van der Waals surface area contributed by atoms with Gasteiger partial charge in [-0.15, -0.1) is 0 Å². The molecule has 0 bridgehead atoms. The molecule has 1 heterocycles. The van der Waals surface area contributed by atoms with Crippen molar-refractivity contribution in [2.75, 3.05) is 0 Å². The Kier molecular flexibility index (Phi) is 1.55. The predicted molar refractivity (Wildman–Crippen MR) is 40.5 cm³/mol. The molecule has 0 aromatic rings. The van der Waals surface area contributed by atoms with Gasteiger partial charge in [-0.25, -0.2) is 0 Å². The van der Waals surface area contributed by atoms with E-state index in [1.165, 1.54) is 0 Å². The second-order valence-electron chi connectivity index (χ2n) is 3.31. The van der Waals surface area contributed by atoms with Crippen molar-refractivity contribution < 1.29 is 4.79 Å². The van der Waals surface area contributed by atoms with Crippen molar-refractivity contribution in [2.45, 2.75) is 26.8 Å². The molecule has 0 spiro atoms. The topological polar surface area (TPSA) is 29.1 Å². The summed E-state index contributed by atoms with van der Waals surface area (Å²) < 4.78 is 0. The first kappa shape index (κ1) is 7.32. The molecule has 1 atom stereocenters. The highest BCUT2D eigenvalue weighted by molar-refractivity contribution is 5.95. The minimum Gasteiger partial charge on any atom is -0.387 e. The third-order valence-corrected chi connectivity index (χ3v) is 2.30. The van der Waals surface area contributed by atoms with Gasteiger partial charge in [-0.1, -0.05) is 13.8 Å². The molecule has 2 nitrogen and oxygen atoms in total. The van der Waals surface area contributed by atoms with E-state index >= 15 is 0 Å². The summed E-state index contributed by atoms with van der Waals surface area (Å²) in [5.74, 6) is 0.207. The Hall–Kier alpha value is -0.790. The standard InChI is InChI=1S/C8H13NO/c1-6-8(2,3)7(10)4-5-9-6/h4-6,9H,1-3H3. The highest BCUT2D eigenvalue weighted by Gasteiger charge is 2.33. The molecule has 10 heavy (non-hydrogen) atoms. The Bertz CT molecular complexity index is 182. The minimum absolute atomic E-state index is 0.207. The van der Waals surface area contributed by atoms with Gasteiger partial charge in [0.05, 0.1) is 0 Å². The highest BCUT2D eigenvalue weighted by atomic mass is 16.1. The Morgan fingerprint density at radius 3 is 2.60 bits per heavy atom. The Morgan fingerprint density at radius 1 is 1.60 bits per heavy atom. The zero-order valence-electron chi connectivity index (χ0n) is 6.64. The fourth-order valence-corrected chi connectivity index (χ4v) is 0.905. The van der Waals surface area contributed by atoms with Crippen molar-refractivity contribution in [3.05, 3.63) is 12.3 Å². The summed E-state index contributed by atoms with van der Waals surface area (Å²) in [6.07, 6.45) is 3.32. The number of rotatable bonds is 0. The summed E-state index contributed by atoms with van der Waals surface area (Å²) >= 11 is 0. The van der Waals surface area contributed by atoms with Crippen LogP contribution in [0.25, 0.3) is 0 Å². The molecule has 0 saturated heterocycles. The van der Waals surface area contributed by atoms with E-state index in [2.05, 4.69) is 5.32 Å². The van der Waals surface area contributed by atoms with Crippen molar-refractivity contribution in [2.24, 2.45) is 5.41 Å². The number of nitrogens with one attached hydrogen (secondary N) is 1. The van der Waals surface area contributed by atoms with Crippen molar-refractivity contribution in [1.29, 1.82) is 0 Å². The molecule has 1 unspecified atom stereocenters. The Balaban J connectivity index is 2.89. The van der Waals surface area contributed by atoms with Crippen molar-refractivity contribution in [1.82, 2.24) is 5.32 Å². The second-order valence-corrected chi connectivity index (χ2v) is 3.31. The molecule has 0 aromatic heterocycles. The molecule has 1 rings (SSSR count). The van der Waals surface area contributed by atoms with E-state index in [9.17, 15) is 4.79 Å². The van der Waals surface area contributed by atoms with Gasteiger partial charge in [0.2, 0.25) is 0 Å². The van der Waals surface area contributed by atoms with Crippen LogP contribution in [0.1, 0.15) is 20.8 Å². The van der Waals surface area contributed by atoms with Crippen molar-refractivity contribution in [3.63, 3.8) is 0 Å². The number of hydrogen-bond donors (Lipinski definition) is 1. The molecule has 0 radical (unpaired) electrons. The van der Waals surface area contributed by atoms with Gasteiger partial charge in [-0.05, 0) is 13.0 Å². The van der Waals surface area contributed by atoms with Crippen LogP contribution >= 0.6 is 0 Å². The molecular weight excluding hydrogens is 126 g/mol. The smallest absolute Gasteiger partial charge is 0.164 e. The normalized spacial score (nSPS) is 29.9. The van der Waals surface area contributed by atoms with E-state index < -0.39 is 0 Å². The first-order valence-electron chi connectivity index (χ1n) is 3.52. The zero-order chi connectivity index (χ0) is 7.78. The molecule has 0 aromatic carbocycles. The summed E-state index contributed by atoms with van der Waals surface area (Å²) in [4.78, 5) is 11.2. The van der Waals surface area contributed by atoms with Crippen LogP contribution in [0.3, 0.4) is 0 Å². The summed E-state index contributed by atoms with van der Waals surface area (Å²) in [6.45, 7) is 5.93. The van der Waals surface area contributed by atoms with Crippen LogP contribution in [0.2, 0.25) is 0 Å². The van der Waals surface area contributed by atoms with Crippen LogP contribution in [0.5, 0.6) is 0 Å². The fraction of sp³-hybridized carbons (Fsp3) is 0.625. The third kappa shape index (κ3) is 0.939. The summed E-state index contributed by atoms with van der Waals surface area (Å²) in [6, 6.07) is 0.241. The molecule has 56 valence electrons. The number of carbonyl (C=O) groups is 1. The predicted octanol–water partition coefficient (Wildman–Crippen LogP) is 1.09. The summed E-state index contributed by atoms with van der Waals surface area (Å²) in [7, 11) is 0. The van der Waals surface area contributed by atoms with Gasteiger partial charge in [0.15, 0.2) is 5.78 Å². The maximum absolute atomic E-state index is 11.2. The van der Waals surface area contributed by atoms with E-state index in [1.54, 1.807) is 12.3 Å². The van der Waals surface area contributed by atoms with Gasteiger partial charge in [-0.2, -0.15) is 0 Å². The molecule has 0 fully saturated rings. The molecule has 0 aliphatic carbocycles. The number of hydrogen-bond acceptors (Lipinski definition) is 2. The maximum Gasteiger partial charge on any atom is 0.164 e. The van der Waals surface area contributed by atoms with Gasteiger partial charge >= 0.3 is 0 Å². The van der Waals surface area contributed by atoms with E-state index in [-0.39, 0.29) is 17.2 Å². The van der Waals surface area contributed by atoms with Crippen molar-refractivity contribution in [3.8, 4) is 0 Å². The largest absolute Gasteiger partial charge is 0.387 e. The SMILES string of the molecule is CC1NC=CC(=O)C1(C)C. The summed E-state index contributed by atoms with van der Waals surface area (Å²) in [5, 5.41) is 3.10.